The number of hydrogen-bond donors (Lipinski definition) is 1. The molecule has 0 atom stereocenters. The number of ether oxygens (including phenoxy) is 2. The minimum atomic E-state index is -0.452. The van der Waals surface area contributed by atoms with Crippen LogP contribution in [0.25, 0.3) is 28.1 Å². The molecule has 0 saturated carbocycles. The van der Waals surface area contributed by atoms with Crippen molar-refractivity contribution in [3.63, 3.8) is 0 Å². The predicted octanol–water partition coefficient (Wildman–Crippen LogP) is 5.09. The smallest absolute Gasteiger partial charge is 0.309 e. The minimum absolute atomic E-state index is 0.0337. The summed E-state index contributed by atoms with van der Waals surface area (Å²) < 4.78 is 12.3. The second kappa shape index (κ2) is 11.1. The first-order valence-electron chi connectivity index (χ1n) is 11.8. The van der Waals surface area contributed by atoms with Gasteiger partial charge in [0, 0.05) is 45.1 Å². The molecule has 8 nitrogen and oxygen atoms in total. The third-order valence-electron chi connectivity index (χ3n) is 5.73. The lowest BCUT2D eigenvalue weighted by Gasteiger charge is -2.13. The van der Waals surface area contributed by atoms with Gasteiger partial charge in [-0.3, -0.25) is 9.59 Å². The molecule has 37 heavy (non-hydrogen) atoms. The number of aromatic nitrogens is 2. The van der Waals surface area contributed by atoms with Crippen LogP contribution in [0.3, 0.4) is 0 Å². The summed E-state index contributed by atoms with van der Waals surface area (Å²) >= 11 is 0. The third kappa shape index (κ3) is 5.87. The molecule has 1 heterocycles. The Bertz CT molecular complexity index is 1410. The average Bonchev–Trinajstić information content (AvgIpc) is 3.23. The lowest BCUT2D eigenvalue weighted by Crippen LogP contribution is -2.16. The molecule has 1 aromatic heterocycles. The van der Waals surface area contributed by atoms with Crippen LogP contribution in [0.2, 0.25) is 0 Å². The number of nitrogens with zero attached hydrogens (tertiary/aromatic N) is 3. The van der Waals surface area contributed by atoms with E-state index in [-0.39, 0.29) is 12.5 Å². The van der Waals surface area contributed by atoms with Crippen molar-refractivity contribution in [1.29, 1.82) is 0 Å². The molecule has 3 aromatic carbocycles. The summed E-state index contributed by atoms with van der Waals surface area (Å²) in [7, 11) is 5.43. The Labute approximate surface area is 216 Å². The van der Waals surface area contributed by atoms with Crippen LogP contribution in [0.1, 0.15) is 12.5 Å². The van der Waals surface area contributed by atoms with E-state index in [0.29, 0.717) is 22.8 Å². The van der Waals surface area contributed by atoms with Gasteiger partial charge in [-0.1, -0.05) is 42.0 Å². The molecule has 8 heteroatoms. The largest absolute Gasteiger partial charge is 0.407 e. The van der Waals surface area contributed by atoms with E-state index in [0.717, 1.165) is 28.1 Å². The molecule has 4 rings (SSSR count). The number of benzene rings is 3. The van der Waals surface area contributed by atoms with Gasteiger partial charge in [-0.15, -0.1) is 0 Å². The monoisotopic (exact) mass is 498 g/mol. The summed E-state index contributed by atoms with van der Waals surface area (Å²) in [4.78, 5) is 26.2. The van der Waals surface area contributed by atoms with Gasteiger partial charge in [0.05, 0.1) is 11.3 Å². The maximum Gasteiger partial charge on any atom is 0.309 e. The van der Waals surface area contributed by atoms with E-state index in [1.807, 2.05) is 86.6 Å². The fourth-order valence-electron chi connectivity index (χ4n) is 3.94. The molecule has 0 radical (unpaired) electrons. The Morgan fingerprint density at radius 2 is 1.68 bits per heavy atom. The van der Waals surface area contributed by atoms with Crippen molar-refractivity contribution in [1.82, 2.24) is 9.78 Å². The molecule has 0 spiro atoms. The predicted molar refractivity (Wildman–Crippen MR) is 145 cm³/mol. The first-order valence-corrected chi connectivity index (χ1v) is 11.8. The van der Waals surface area contributed by atoms with Crippen LogP contribution in [-0.2, 0) is 14.3 Å². The van der Waals surface area contributed by atoms with E-state index in [4.69, 9.17) is 14.6 Å². The van der Waals surface area contributed by atoms with Crippen LogP contribution >= 0.6 is 0 Å². The van der Waals surface area contributed by atoms with Crippen LogP contribution < -0.4 is 15.0 Å². The van der Waals surface area contributed by atoms with E-state index in [9.17, 15) is 9.59 Å². The Morgan fingerprint density at radius 3 is 2.30 bits per heavy atom. The Kier molecular flexibility index (Phi) is 7.69. The van der Waals surface area contributed by atoms with Crippen LogP contribution in [-0.4, -0.2) is 49.5 Å². The minimum Gasteiger partial charge on any atom is -0.407 e. The number of rotatable bonds is 8. The second-order valence-corrected chi connectivity index (χ2v) is 8.87. The van der Waals surface area contributed by atoms with Gasteiger partial charge in [-0.2, -0.15) is 9.78 Å². The van der Waals surface area contributed by atoms with Crippen molar-refractivity contribution in [2.75, 3.05) is 38.0 Å². The molecular formula is C29H30N4O4. The average molecular weight is 499 g/mol. The summed E-state index contributed by atoms with van der Waals surface area (Å²) in [5.41, 5.74) is 6.50. The van der Waals surface area contributed by atoms with Crippen molar-refractivity contribution in [3.8, 4) is 34.0 Å². The summed E-state index contributed by atoms with van der Waals surface area (Å²) in [6.45, 7) is 3.35. The van der Waals surface area contributed by atoms with Gasteiger partial charge in [-0.05, 0) is 48.9 Å². The standard InChI is InChI=1S/C29H30N4O4/c1-19-9-15-24(16-10-19)33-29(37-20(2)34)27(21-11-13-23(14-12-21)30-26(35)18-36-5)28(31-33)22-7-6-8-25(17-22)32(3)4/h6-17H,18H2,1-5H3,(H,30,35). The quantitative estimate of drug-likeness (QED) is 0.341. The number of anilines is 2. The number of nitrogens with one attached hydrogen (secondary N) is 1. The molecule has 0 bridgehead atoms. The maximum atomic E-state index is 12.2. The Morgan fingerprint density at radius 1 is 0.973 bits per heavy atom. The van der Waals surface area contributed by atoms with Crippen molar-refractivity contribution in [3.05, 3.63) is 78.4 Å². The highest BCUT2D eigenvalue weighted by atomic mass is 16.5. The van der Waals surface area contributed by atoms with Gasteiger partial charge in [0.25, 0.3) is 0 Å². The highest BCUT2D eigenvalue weighted by Crippen LogP contribution is 2.41. The van der Waals surface area contributed by atoms with Gasteiger partial charge in [-0.25, -0.2) is 0 Å². The zero-order valence-electron chi connectivity index (χ0n) is 21.6. The summed E-state index contributed by atoms with van der Waals surface area (Å²) in [5.74, 6) is -0.381. The van der Waals surface area contributed by atoms with E-state index in [1.165, 1.54) is 14.0 Å². The van der Waals surface area contributed by atoms with Gasteiger partial charge < -0.3 is 19.7 Å². The Hall–Kier alpha value is -4.43. The topological polar surface area (TPSA) is 85.7 Å². The van der Waals surface area contributed by atoms with Crippen molar-refractivity contribution < 1.29 is 19.1 Å². The van der Waals surface area contributed by atoms with E-state index < -0.39 is 5.97 Å². The number of esters is 1. The molecule has 0 unspecified atom stereocenters. The molecule has 190 valence electrons. The highest BCUT2D eigenvalue weighted by molar-refractivity contribution is 5.93. The normalized spacial score (nSPS) is 10.7. The van der Waals surface area contributed by atoms with Gasteiger partial charge in [0.1, 0.15) is 12.3 Å². The summed E-state index contributed by atoms with van der Waals surface area (Å²) in [6, 6.07) is 23.2. The first kappa shape index (κ1) is 25.7. The number of amides is 1. The lowest BCUT2D eigenvalue weighted by molar-refractivity contribution is -0.132. The first-order chi connectivity index (χ1) is 17.8. The molecule has 0 aliphatic rings. The van der Waals surface area contributed by atoms with Crippen LogP contribution in [0.15, 0.2) is 72.8 Å². The molecule has 0 fully saturated rings. The van der Waals surface area contributed by atoms with Crippen LogP contribution in [0, 0.1) is 6.92 Å². The third-order valence-corrected chi connectivity index (χ3v) is 5.73. The van der Waals surface area contributed by atoms with Crippen molar-refractivity contribution >= 4 is 23.3 Å². The van der Waals surface area contributed by atoms with Gasteiger partial charge in [0.2, 0.25) is 11.8 Å². The maximum absolute atomic E-state index is 12.2. The zero-order valence-corrected chi connectivity index (χ0v) is 21.6. The molecule has 1 N–H and O–H groups in total. The van der Waals surface area contributed by atoms with Gasteiger partial charge >= 0.3 is 5.97 Å². The fraction of sp³-hybridized carbons (Fsp3) is 0.207. The number of hydrogen-bond acceptors (Lipinski definition) is 6. The molecule has 0 aliphatic heterocycles. The molecule has 0 aliphatic carbocycles. The number of methoxy groups -OCH3 is 1. The van der Waals surface area contributed by atoms with Crippen molar-refractivity contribution in [2.24, 2.45) is 0 Å². The number of carbonyl (C=O) groups excluding carboxylic acids is 2. The Balaban J connectivity index is 1.92. The highest BCUT2D eigenvalue weighted by Gasteiger charge is 2.25. The number of carbonyl (C=O) groups is 2. The fourth-order valence-corrected chi connectivity index (χ4v) is 3.94. The number of aryl methyl sites for hydroxylation is 1. The second-order valence-electron chi connectivity index (χ2n) is 8.87. The SMILES string of the molecule is COCC(=O)Nc1ccc(-c2c(-c3cccc(N(C)C)c3)nn(-c3ccc(C)cc3)c2OC(C)=O)cc1. The molecular weight excluding hydrogens is 468 g/mol. The zero-order chi connectivity index (χ0) is 26.5. The molecule has 0 saturated heterocycles. The van der Waals surface area contributed by atoms with Gasteiger partial charge in [0.15, 0.2) is 0 Å². The summed E-state index contributed by atoms with van der Waals surface area (Å²) in [5, 5.41) is 7.74. The van der Waals surface area contributed by atoms with E-state index >= 15 is 0 Å². The lowest BCUT2D eigenvalue weighted by atomic mass is 10.0. The van der Waals surface area contributed by atoms with E-state index in [1.54, 1.807) is 16.8 Å². The van der Waals surface area contributed by atoms with Crippen LogP contribution in [0.4, 0.5) is 11.4 Å². The molecule has 1 amide bonds. The summed E-state index contributed by atoms with van der Waals surface area (Å²) in [6.07, 6.45) is 0. The molecule has 4 aromatic rings. The van der Waals surface area contributed by atoms with E-state index in [2.05, 4.69) is 5.32 Å². The van der Waals surface area contributed by atoms with Crippen molar-refractivity contribution in [2.45, 2.75) is 13.8 Å². The van der Waals surface area contributed by atoms with Crippen LogP contribution in [0.5, 0.6) is 5.88 Å².